The van der Waals surface area contributed by atoms with E-state index >= 15 is 0 Å². The Labute approximate surface area is 154 Å². The van der Waals surface area contributed by atoms with Crippen molar-refractivity contribution in [2.45, 2.75) is 40.0 Å². The lowest BCUT2D eigenvalue weighted by Crippen LogP contribution is -2.14. The summed E-state index contributed by atoms with van der Waals surface area (Å²) in [5.74, 6) is 0.418. The molecule has 0 N–H and O–H groups in total. The third-order valence-electron chi connectivity index (χ3n) is 4.01. The number of allylic oxidation sites excluding steroid dienone is 2. The summed E-state index contributed by atoms with van der Waals surface area (Å²) >= 11 is 0. The summed E-state index contributed by atoms with van der Waals surface area (Å²) in [6.07, 6.45) is 2.19. The van der Waals surface area contributed by atoms with Crippen molar-refractivity contribution in [1.82, 2.24) is 0 Å². The van der Waals surface area contributed by atoms with E-state index in [2.05, 4.69) is 26.8 Å². The molecule has 0 saturated heterocycles. The summed E-state index contributed by atoms with van der Waals surface area (Å²) in [5, 5.41) is 0. The van der Waals surface area contributed by atoms with Gasteiger partial charge in [0.2, 0.25) is 0 Å². The van der Waals surface area contributed by atoms with E-state index in [-0.39, 0.29) is 17.4 Å². The van der Waals surface area contributed by atoms with E-state index in [4.69, 9.17) is 9.47 Å². The average molecular weight is 352 g/mol. The molecule has 0 bridgehead atoms. The van der Waals surface area contributed by atoms with Crippen LogP contribution in [0, 0.1) is 0 Å². The fourth-order valence-corrected chi connectivity index (χ4v) is 2.78. The van der Waals surface area contributed by atoms with Crippen LogP contribution < -0.4 is 9.47 Å². The van der Waals surface area contributed by atoms with Gasteiger partial charge in [0, 0.05) is 19.3 Å². The number of ether oxygens (including phenoxy) is 2. The highest BCUT2D eigenvalue weighted by molar-refractivity contribution is 5.71. The molecule has 0 saturated carbocycles. The maximum absolute atomic E-state index is 11.0. The number of carbonyl (C=O) groups excluding carboxylic acids is 2. The van der Waals surface area contributed by atoms with Gasteiger partial charge in [-0.2, -0.15) is 0 Å². The molecule has 0 aliphatic heterocycles. The number of carbonyl (C=O) groups is 2. The molecule has 0 aliphatic carbocycles. The molecule has 4 nitrogen and oxygen atoms in total. The Morgan fingerprint density at radius 1 is 0.769 bits per heavy atom. The molecule has 136 valence electrons. The van der Waals surface area contributed by atoms with Gasteiger partial charge in [0.25, 0.3) is 0 Å². The Kier molecular flexibility index (Phi) is 5.98. The van der Waals surface area contributed by atoms with Crippen LogP contribution in [0.1, 0.15) is 45.7 Å². The van der Waals surface area contributed by atoms with Crippen LogP contribution in [-0.2, 0) is 15.0 Å². The Morgan fingerprint density at radius 3 is 1.62 bits per heavy atom. The third-order valence-corrected chi connectivity index (χ3v) is 4.01. The highest BCUT2D eigenvalue weighted by Gasteiger charge is 2.18. The smallest absolute Gasteiger partial charge is 0.308 e. The van der Waals surface area contributed by atoms with Gasteiger partial charge in [-0.3, -0.25) is 9.59 Å². The largest absolute Gasteiger partial charge is 0.427 e. The SMILES string of the molecule is CC(=O)Oc1ccc(C(C)=CC(C)(C)c2ccc(OC(C)=O)cc2)cc1. The van der Waals surface area contributed by atoms with Crippen molar-refractivity contribution in [1.29, 1.82) is 0 Å². The number of hydrogen-bond acceptors (Lipinski definition) is 4. The third kappa shape index (κ3) is 5.31. The minimum absolute atomic E-state index is 0.201. The zero-order valence-electron chi connectivity index (χ0n) is 15.8. The van der Waals surface area contributed by atoms with Crippen LogP contribution in [0.5, 0.6) is 11.5 Å². The molecule has 2 aromatic rings. The summed E-state index contributed by atoms with van der Waals surface area (Å²) in [7, 11) is 0. The van der Waals surface area contributed by atoms with E-state index < -0.39 is 0 Å². The molecule has 0 radical (unpaired) electrons. The number of esters is 2. The van der Waals surface area contributed by atoms with E-state index in [0.717, 1.165) is 16.7 Å². The predicted molar refractivity (Wildman–Crippen MR) is 102 cm³/mol. The van der Waals surface area contributed by atoms with Crippen molar-refractivity contribution in [3.05, 3.63) is 65.7 Å². The van der Waals surface area contributed by atoms with Gasteiger partial charge in [0.05, 0.1) is 0 Å². The second-order valence-corrected chi connectivity index (χ2v) is 6.79. The number of rotatable bonds is 5. The van der Waals surface area contributed by atoms with Gasteiger partial charge < -0.3 is 9.47 Å². The van der Waals surface area contributed by atoms with Crippen molar-refractivity contribution < 1.29 is 19.1 Å². The quantitative estimate of drug-likeness (QED) is 0.566. The Balaban J connectivity index is 2.19. The summed E-state index contributed by atoms with van der Waals surface area (Å²) in [6.45, 7) is 9.08. The molecule has 0 heterocycles. The van der Waals surface area contributed by atoms with Gasteiger partial charge in [-0.1, -0.05) is 44.2 Å². The van der Waals surface area contributed by atoms with Crippen LogP contribution >= 0.6 is 0 Å². The Bertz CT molecular complexity index is 812. The molecular formula is C22H24O4. The zero-order valence-corrected chi connectivity index (χ0v) is 15.8. The van der Waals surface area contributed by atoms with Crippen molar-refractivity contribution in [2.24, 2.45) is 0 Å². The van der Waals surface area contributed by atoms with E-state index in [1.807, 2.05) is 24.3 Å². The Morgan fingerprint density at radius 2 is 1.19 bits per heavy atom. The molecule has 0 unspecified atom stereocenters. The monoisotopic (exact) mass is 352 g/mol. The topological polar surface area (TPSA) is 52.6 Å². The van der Waals surface area contributed by atoms with E-state index in [0.29, 0.717) is 11.5 Å². The first kappa shape index (κ1) is 19.4. The van der Waals surface area contributed by atoms with Crippen LogP contribution in [0.2, 0.25) is 0 Å². The van der Waals surface area contributed by atoms with Crippen molar-refractivity contribution in [3.63, 3.8) is 0 Å². The molecule has 0 amide bonds. The Hall–Kier alpha value is -2.88. The van der Waals surface area contributed by atoms with Crippen LogP contribution in [0.15, 0.2) is 54.6 Å². The maximum atomic E-state index is 11.0. The summed E-state index contributed by atoms with van der Waals surface area (Å²) in [5.41, 5.74) is 3.09. The second-order valence-electron chi connectivity index (χ2n) is 6.79. The van der Waals surface area contributed by atoms with Crippen LogP contribution in [0.4, 0.5) is 0 Å². The predicted octanol–water partition coefficient (Wildman–Crippen LogP) is 4.92. The minimum Gasteiger partial charge on any atom is -0.427 e. The van der Waals surface area contributed by atoms with Gasteiger partial charge in [-0.05, 0) is 47.9 Å². The van der Waals surface area contributed by atoms with Crippen molar-refractivity contribution in [2.75, 3.05) is 0 Å². The molecule has 26 heavy (non-hydrogen) atoms. The maximum Gasteiger partial charge on any atom is 0.308 e. The zero-order chi connectivity index (χ0) is 19.3. The standard InChI is InChI=1S/C22H24O4/c1-15(18-6-10-20(11-7-18)25-16(2)23)14-22(4,5)19-8-12-21(13-9-19)26-17(3)24/h6-14H,1-5H3. The highest BCUT2D eigenvalue weighted by atomic mass is 16.5. The first-order chi connectivity index (χ1) is 12.2. The molecule has 4 heteroatoms. The van der Waals surface area contributed by atoms with E-state index in [9.17, 15) is 9.59 Å². The first-order valence-corrected chi connectivity index (χ1v) is 8.44. The van der Waals surface area contributed by atoms with Gasteiger partial charge in [0.15, 0.2) is 0 Å². The lowest BCUT2D eigenvalue weighted by Gasteiger charge is -2.23. The molecule has 0 aromatic heterocycles. The first-order valence-electron chi connectivity index (χ1n) is 8.44. The summed E-state index contributed by atoms with van der Waals surface area (Å²) < 4.78 is 10.1. The fraction of sp³-hybridized carbons (Fsp3) is 0.273. The lowest BCUT2D eigenvalue weighted by atomic mass is 9.82. The van der Waals surface area contributed by atoms with Gasteiger partial charge in [-0.15, -0.1) is 0 Å². The summed E-state index contributed by atoms with van der Waals surface area (Å²) in [6, 6.07) is 15.0. The van der Waals surface area contributed by atoms with Crippen molar-refractivity contribution in [3.8, 4) is 11.5 Å². The van der Waals surface area contributed by atoms with E-state index in [1.54, 1.807) is 24.3 Å². The molecule has 2 aromatic carbocycles. The van der Waals surface area contributed by atoms with Crippen LogP contribution in [-0.4, -0.2) is 11.9 Å². The second kappa shape index (κ2) is 8.00. The summed E-state index contributed by atoms with van der Waals surface area (Å²) in [4.78, 5) is 22.0. The molecule has 0 atom stereocenters. The van der Waals surface area contributed by atoms with Gasteiger partial charge in [0.1, 0.15) is 11.5 Å². The number of hydrogen-bond donors (Lipinski definition) is 0. The fourth-order valence-electron chi connectivity index (χ4n) is 2.78. The molecule has 0 fully saturated rings. The molecule has 0 spiro atoms. The highest BCUT2D eigenvalue weighted by Crippen LogP contribution is 2.30. The molecule has 2 rings (SSSR count). The van der Waals surface area contributed by atoms with Crippen LogP contribution in [0.3, 0.4) is 0 Å². The molecular weight excluding hydrogens is 328 g/mol. The molecule has 0 aliphatic rings. The van der Waals surface area contributed by atoms with Gasteiger partial charge >= 0.3 is 11.9 Å². The van der Waals surface area contributed by atoms with Gasteiger partial charge in [-0.25, -0.2) is 0 Å². The minimum atomic E-state index is -0.330. The van der Waals surface area contributed by atoms with Crippen molar-refractivity contribution >= 4 is 17.5 Å². The number of benzene rings is 2. The van der Waals surface area contributed by atoms with Crippen LogP contribution in [0.25, 0.3) is 5.57 Å². The average Bonchev–Trinajstić information content (AvgIpc) is 2.54. The normalized spacial score (nSPS) is 11.8. The van der Waals surface area contributed by atoms with E-state index in [1.165, 1.54) is 13.8 Å². The lowest BCUT2D eigenvalue weighted by molar-refractivity contribution is -0.132.